The first-order chi connectivity index (χ1) is 11.1. The number of nitrogens with zero attached hydrogens (tertiary/aromatic N) is 1. The van der Waals surface area contributed by atoms with Gasteiger partial charge in [0, 0.05) is 16.1 Å². The first-order valence-electron chi connectivity index (χ1n) is 7.29. The molecular formula is C17H19ClN2O3S. The van der Waals surface area contributed by atoms with E-state index in [0.717, 1.165) is 4.41 Å². The Balaban J connectivity index is 2.41. The Bertz CT molecular complexity index is 830. The van der Waals surface area contributed by atoms with Crippen LogP contribution in [-0.2, 0) is 10.0 Å². The minimum Gasteiger partial charge on any atom is -0.270 e. The highest BCUT2D eigenvalue weighted by molar-refractivity contribution is 7.89. The third-order valence-corrected chi connectivity index (χ3v) is 5.39. The number of carbonyl (C=O) groups is 1. The van der Waals surface area contributed by atoms with Crippen molar-refractivity contribution in [1.29, 1.82) is 0 Å². The van der Waals surface area contributed by atoms with E-state index >= 15 is 0 Å². The Hall–Kier alpha value is -1.89. The van der Waals surface area contributed by atoms with Gasteiger partial charge in [0.25, 0.3) is 15.9 Å². The number of nitrogens with one attached hydrogen (secondary N) is 1. The third-order valence-electron chi connectivity index (χ3n) is 3.18. The largest absolute Gasteiger partial charge is 0.270 e. The third kappa shape index (κ3) is 4.14. The van der Waals surface area contributed by atoms with Gasteiger partial charge < -0.3 is 0 Å². The highest BCUT2D eigenvalue weighted by atomic mass is 35.5. The molecule has 0 bridgehead atoms. The molecule has 128 valence electrons. The number of sulfonamides is 1. The van der Waals surface area contributed by atoms with E-state index in [2.05, 4.69) is 5.43 Å². The van der Waals surface area contributed by atoms with Crippen LogP contribution >= 0.6 is 11.6 Å². The maximum Gasteiger partial charge on any atom is 0.266 e. The lowest BCUT2D eigenvalue weighted by molar-refractivity contribution is 0.0798. The number of rotatable bonds is 4. The van der Waals surface area contributed by atoms with Crippen LogP contribution in [-0.4, -0.2) is 24.3 Å². The van der Waals surface area contributed by atoms with Gasteiger partial charge >= 0.3 is 0 Å². The zero-order valence-electron chi connectivity index (χ0n) is 13.7. The van der Waals surface area contributed by atoms with E-state index in [9.17, 15) is 13.2 Å². The van der Waals surface area contributed by atoms with Crippen molar-refractivity contribution in [3.8, 4) is 0 Å². The summed E-state index contributed by atoms with van der Waals surface area (Å²) < 4.78 is 26.9. The van der Waals surface area contributed by atoms with E-state index < -0.39 is 21.5 Å². The standard InChI is InChI=1S/C17H19ClN2O3S/c1-17(2,3)20(19-16(21)13-8-5-4-6-9-13)24(22,23)15-11-7-10-14(18)12-15/h4-12H,1-3H3,(H,19,21). The molecule has 0 radical (unpaired) electrons. The maximum atomic E-state index is 13.0. The Morgan fingerprint density at radius 2 is 1.67 bits per heavy atom. The van der Waals surface area contributed by atoms with Crippen molar-refractivity contribution in [1.82, 2.24) is 9.84 Å². The number of halogens is 1. The predicted octanol–water partition coefficient (Wildman–Crippen LogP) is 3.47. The molecule has 2 rings (SSSR count). The fraction of sp³-hybridized carbons (Fsp3) is 0.235. The van der Waals surface area contributed by atoms with Gasteiger partial charge in [-0.05, 0) is 51.1 Å². The van der Waals surface area contributed by atoms with Crippen LogP contribution < -0.4 is 5.43 Å². The van der Waals surface area contributed by atoms with Gasteiger partial charge in [0.15, 0.2) is 0 Å². The molecule has 0 spiro atoms. The molecule has 0 atom stereocenters. The molecule has 0 fully saturated rings. The highest BCUT2D eigenvalue weighted by Crippen LogP contribution is 2.24. The van der Waals surface area contributed by atoms with E-state index in [-0.39, 0.29) is 4.90 Å². The fourth-order valence-electron chi connectivity index (χ4n) is 2.07. The van der Waals surface area contributed by atoms with Gasteiger partial charge in [-0.2, -0.15) is 0 Å². The van der Waals surface area contributed by atoms with Gasteiger partial charge in [-0.25, -0.2) is 8.42 Å². The lowest BCUT2D eigenvalue weighted by atomic mass is 10.1. The second-order valence-corrected chi connectivity index (χ2v) is 8.43. The van der Waals surface area contributed by atoms with Crippen molar-refractivity contribution in [2.24, 2.45) is 0 Å². The Labute approximate surface area is 147 Å². The van der Waals surface area contributed by atoms with Gasteiger partial charge in [0.2, 0.25) is 0 Å². The molecule has 7 heteroatoms. The maximum absolute atomic E-state index is 13.0. The summed E-state index contributed by atoms with van der Waals surface area (Å²) in [5, 5.41) is 0.305. The Kier molecular flexibility index (Phi) is 5.32. The molecule has 1 N–H and O–H groups in total. The molecule has 1 amide bonds. The molecule has 5 nitrogen and oxygen atoms in total. The van der Waals surface area contributed by atoms with E-state index in [0.29, 0.717) is 10.6 Å². The zero-order chi connectivity index (χ0) is 18.0. The summed E-state index contributed by atoms with van der Waals surface area (Å²) in [6, 6.07) is 14.4. The number of carbonyl (C=O) groups excluding carboxylic acids is 1. The number of hydrogen-bond donors (Lipinski definition) is 1. The van der Waals surface area contributed by atoms with E-state index in [1.807, 2.05) is 0 Å². The molecule has 0 aromatic heterocycles. The summed E-state index contributed by atoms with van der Waals surface area (Å²) >= 11 is 5.90. The molecule has 0 heterocycles. The molecule has 0 aliphatic heterocycles. The molecule has 2 aromatic rings. The quantitative estimate of drug-likeness (QED) is 0.842. The van der Waals surface area contributed by atoms with Crippen LogP contribution in [0, 0.1) is 0 Å². The second-order valence-electron chi connectivity index (χ2n) is 6.20. The van der Waals surface area contributed by atoms with Crippen LogP contribution in [0.5, 0.6) is 0 Å². The monoisotopic (exact) mass is 366 g/mol. The van der Waals surface area contributed by atoms with Crippen LogP contribution in [0.1, 0.15) is 31.1 Å². The minimum atomic E-state index is -3.97. The topological polar surface area (TPSA) is 66.5 Å². The van der Waals surface area contributed by atoms with E-state index in [1.165, 1.54) is 12.1 Å². The number of hydrazine groups is 1. The van der Waals surface area contributed by atoms with Gasteiger partial charge in [-0.1, -0.05) is 35.9 Å². The van der Waals surface area contributed by atoms with Crippen molar-refractivity contribution >= 4 is 27.5 Å². The van der Waals surface area contributed by atoms with Gasteiger partial charge in [-0.3, -0.25) is 10.2 Å². The van der Waals surface area contributed by atoms with Crippen LogP contribution in [0.3, 0.4) is 0 Å². The van der Waals surface area contributed by atoms with Crippen LogP contribution in [0.4, 0.5) is 0 Å². The Morgan fingerprint density at radius 1 is 1.04 bits per heavy atom. The minimum absolute atomic E-state index is 0.0123. The second kappa shape index (κ2) is 6.93. The summed E-state index contributed by atoms with van der Waals surface area (Å²) in [6.07, 6.45) is 0. The molecule has 0 unspecified atom stereocenters. The summed E-state index contributed by atoms with van der Waals surface area (Å²) in [5.74, 6) is -0.504. The molecule has 24 heavy (non-hydrogen) atoms. The molecule has 0 saturated heterocycles. The first kappa shape index (κ1) is 18.4. The van der Waals surface area contributed by atoms with Crippen molar-refractivity contribution in [3.63, 3.8) is 0 Å². The average Bonchev–Trinajstić information content (AvgIpc) is 2.52. The summed E-state index contributed by atoms with van der Waals surface area (Å²) in [4.78, 5) is 12.4. The molecule has 0 aliphatic rings. The molecule has 0 saturated carbocycles. The Morgan fingerprint density at radius 3 is 2.21 bits per heavy atom. The normalized spacial score (nSPS) is 12.2. The number of hydrogen-bond acceptors (Lipinski definition) is 3. The lowest BCUT2D eigenvalue weighted by Crippen LogP contribution is -2.55. The van der Waals surface area contributed by atoms with Crippen LogP contribution in [0.15, 0.2) is 59.5 Å². The van der Waals surface area contributed by atoms with Crippen molar-refractivity contribution in [2.75, 3.05) is 0 Å². The van der Waals surface area contributed by atoms with Crippen molar-refractivity contribution in [2.45, 2.75) is 31.2 Å². The fourth-order valence-corrected chi connectivity index (χ4v) is 3.98. The average molecular weight is 367 g/mol. The summed E-state index contributed by atoms with van der Waals surface area (Å²) in [6.45, 7) is 5.08. The van der Waals surface area contributed by atoms with Crippen molar-refractivity contribution < 1.29 is 13.2 Å². The van der Waals surface area contributed by atoms with E-state index in [4.69, 9.17) is 11.6 Å². The van der Waals surface area contributed by atoms with Crippen molar-refractivity contribution in [3.05, 3.63) is 65.2 Å². The smallest absolute Gasteiger partial charge is 0.266 e. The van der Waals surface area contributed by atoms with Crippen LogP contribution in [0.2, 0.25) is 5.02 Å². The number of amides is 1. The molecule has 2 aromatic carbocycles. The predicted molar refractivity (Wildman–Crippen MR) is 94.1 cm³/mol. The molecular weight excluding hydrogens is 348 g/mol. The lowest BCUT2D eigenvalue weighted by Gasteiger charge is -2.34. The van der Waals surface area contributed by atoms with Gasteiger partial charge in [0.05, 0.1) is 4.90 Å². The number of benzene rings is 2. The summed E-state index contributed by atoms with van der Waals surface area (Å²) in [7, 11) is -3.97. The van der Waals surface area contributed by atoms with Crippen LogP contribution in [0.25, 0.3) is 0 Å². The van der Waals surface area contributed by atoms with E-state index in [1.54, 1.807) is 63.2 Å². The summed E-state index contributed by atoms with van der Waals surface area (Å²) in [5.41, 5.74) is 1.99. The zero-order valence-corrected chi connectivity index (χ0v) is 15.2. The van der Waals surface area contributed by atoms with Gasteiger partial charge in [-0.15, -0.1) is 4.41 Å². The highest BCUT2D eigenvalue weighted by Gasteiger charge is 2.36. The molecule has 0 aliphatic carbocycles. The first-order valence-corrected chi connectivity index (χ1v) is 9.11. The van der Waals surface area contributed by atoms with Gasteiger partial charge in [0.1, 0.15) is 0 Å². The SMILES string of the molecule is CC(C)(C)N(NC(=O)c1ccccc1)S(=O)(=O)c1cccc(Cl)c1.